The number of fused-ring (bicyclic) bond motifs is 1. The lowest BCUT2D eigenvalue weighted by Gasteiger charge is -1.97. The van der Waals surface area contributed by atoms with Crippen LogP contribution in [0.2, 0.25) is 0 Å². The fraction of sp³-hybridized carbons (Fsp3) is 0.100. The van der Waals surface area contributed by atoms with Gasteiger partial charge in [0.15, 0.2) is 0 Å². The van der Waals surface area contributed by atoms with E-state index in [1.807, 2.05) is 19.1 Å². The Balaban J connectivity index is 2.76. The van der Waals surface area contributed by atoms with Crippen molar-refractivity contribution >= 4 is 22.6 Å². The standard InChI is InChI=1S/C10H10N2O2/c1-5-2-6-4-8(10(13)14)12-9(6)7(11)3-5/h2-4,12H,11H2,1H3,(H,13,14). The molecule has 0 fully saturated rings. The van der Waals surface area contributed by atoms with Crippen LogP contribution in [0.1, 0.15) is 16.1 Å². The van der Waals surface area contributed by atoms with Crippen molar-refractivity contribution < 1.29 is 9.90 Å². The molecule has 0 aliphatic rings. The summed E-state index contributed by atoms with van der Waals surface area (Å²) >= 11 is 0. The average Bonchev–Trinajstić information content (AvgIpc) is 2.47. The van der Waals surface area contributed by atoms with E-state index in [0.29, 0.717) is 11.2 Å². The highest BCUT2D eigenvalue weighted by Gasteiger charge is 2.09. The minimum absolute atomic E-state index is 0.164. The first-order valence-electron chi connectivity index (χ1n) is 4.20. The molecule has 0 aliphatic carbocycles. The fourth-order valence-electron chi connectivity index (χ4n) is 1.54. The molecule has 0 saturated heterocycles. The maximum absolute atomic E-state index is 10.7. The number of nitrogen functional groups attached to an aromatic ring is 1. The zero-order valence-electron chi connectivity index (χ0n) is 7.66. The smallest absolute Gasteiger partial charge is 0.352 e. The van der Waals surface area contributed by atoms with Crippen molar-refractivity contribution in [3.05, 3.63) is 29.5 Å². The van der Waals surface area contributed by atoms with Gasteiger partial charge in [-0.05, 0) is 30.7 Å². The monoisotopic (exact) mass is 190 g/mol. The van der Waals surface area contributed by atoms with Crippen molar-refractivity contribution in [1.29, 1.82) is 0 Å². The Morgan fingerprint density at radius 2 is 2.14 bits per heavy atom. The number of anilines is 1. The Morgan fingerprint density at radius 1 is 1.43 bits per heavy atom. The molecule has 0 bridgehead atoms. The van der Waals surface area contributed by atoms with Gasteiger partial charge in [0.05, 0.1) is 11.2 Å². The molecule has 72 valence electrons. The Bertz CT molecular complexity index is 514. The van der Waals surface area contributed by atoms with Gasteiger partial charge in [0.1, 0.15) is 5.69 Å². The highest BCUT2D eigenvalue weighted by molar-refractivity contribution is 5.98. The molecule has 0 unspecified atom stereocenters. The Kier molecular flexibility index (Phi) is 1.70. The summed E-state index contributed by atoms with van der Waals surface area (Å²) in [4.78, 5) is 13.5. The van der Waals surface area contributed by atoms with Gasteiger partial charge in [-0.2, -0.15) is 0 Å². The van der Waals surface area contributed by atoms with Crippen LogP contribution < -0.4 is 5.73 Å². The topological polar surface area (TPSA) is 79.1 Å². The number of rotatable bonds is 1. The first-order valence-corrected chi connectivity index (χ1v) is 4.20. The zero-order chi connectivity index (χ0) is 10.3. The van der Waals surface area contributed by atoms with E-state index in [2.05, 4.69) is 4.98 Å². The minimum Gasteiger partial charge on any atom is -0.477 e. The fourth-order valence-corrected chi connectivity index (χ4v) is 1.54. The first-order chi connectivity index (χ1) is 6.58. The van der Waals surface area contributed by atoms with Crippen molar-refractivity contribution in [3.63, 3.8) is 0 Å². The van der Waals surface area contributed by atoms with Gasteiger partial charge >= 0.3 is 5.97 Å². The second kappa shape index (κ2) is 2.77. The van der Waals surface area contributed by atoms with Crippen LogP contribution in [0.5, 0.6) is 0 Å². The number of aromatic amines is 1. The molecule has 0 radical (unpaired) electrons. The van der Waals surface area contributed by atoms with Crippen molar-refractivity contribution in [3.8, 4) is 0 Å². The van der Waals surface area contributed by atoms with Crippen LogP contribution in [0.15, 0.2) is 18.2 Å². The van der Waals surface area contributed by atoms with Gasteiger partial charge < -0.3 is 15.8 Å². The number of aromatic nitrogens is 1. The first kappa shape index (κ1) is 8.62. The van der Waals surface area contributed by atoms with Gasteiger partial charge in [0.25, 0.3) is 0 Å². The van der Waals surface area contributed by atoms with Crippen molar-refractivity contribution in [2.45, 2.75) is 6.92 Å². The van der Waals surface area contributed by atoms with E-state index in [1.54, 1.807) is 6.07 Å². The lowest BCUT2D eigenvalue weighted by molar-refractivity contribution is 0.0691. The van der Waals surface area contributed by atoms with Crippen molar-refractivity contribution in [2.24, 2.45) is 0 Å². The summed E-state index contributed by atoms with van der Waals surface area (Å²) < 4.78 is 0. The molecular weight excluding hydrogens is 180 g/mol. The number of nitrogens with one attached hydrogen (secondary N) is 1. The summed E-state index contributed by atoms with van der Waals surface area (Å²) in [5, 5.41) is 9.61. The zero-order valence-corrected chi connectivity index (χ0v) is 7.66. The molecule has 2 rings (SSSR count). The van der Waals surface area contributed by atoms with E-state index >= 15 is 0 Å². The summed E-state index contributed by atoms with van der Waals surface area (Å²) in [5.74, 6) is -0.974. The lowest BCUT2D eigenvalue weighted by atomic mass is 10.1. The van der Waals surface area contributed by atoms with Crippen LogP contribution in [-0.4, -0.2) is 16.1 Å². The summed E-state index contributed by atoms with van der Waals surface area (Å²) in [6, 6.07) is 5.29. The van der Waals surface area contributed by atoms with E-state index < -0.39 is 5.97 Å². The van der Waals surface area contributed by atoms with Crippen molar-refractivity contribution in [2.75, 3.05) is 5.73 Å². The highest BCUT2D eigenvalue weighted by atomic mass is 16.4. The Hall–Kier alpha value is -1.97. The average molecular weight is 190 g/mol. The third-order valence-electron chi connectivity index (χ3n) is 2.13. The molecule has 0 saturated carbocycles. The van der Waals surface area contributed by atoms with Crippen LogP contribution in [0.4, 0.5) is 5.69 Å². The molecule has 0 aliphatic heterocycles. The Morgan fingerprint density at radius 3 is 2.79 bits per heavy atom. The molecule has 4 heteroatoms. The molecule has 0 amide bonds. The van der Waals surface area contributed by atoms with Crippen LogP contribution in [-0.2, 0) is 0 Å². The number of aryl methyl sites for hydroxylation is 1. The third kappa shape index (κ3) is 1.21. The van der Waals surface area contributed by atoms with Crippen LogP contribution in [0.25, 0.3) is 10.9 Å². The number of nitrogens with two attached hydrogens (primary N) is 1. The maximum atomic E-state index is 10.7. The number of carboxylic acid groups (broad SMARTS) is 1. The predicted molar refractivity (Wildman–Crippen MR) is 54.4 cm³/mol. The van der Waals surface area contributed by atoms with Gasteiger partial charge in [-0.1, -0.05) is 0 Å². The molecule has 4 N–H and O–H groups in total. The quantitative estimate of drug-likeness (QED) is 0.599. The van der Waals surface area contributed by atoms with Gasteiger partial charge in [-0.15, -0.1) is 0 Å². The Labute approximate surface area is 80.3 Å². The van der Waals surface area contributed by atoms with Gasteiger partial charge in [-0.3, -0.25) is 0 Å². The number of carboxylic acids is 1. The van der Waals surface area contributed by atoms with Gasteiger partial charge in [0.2, 0.25) is 0 Å². The number of benzene rings is 1. The highest BCUT2D eigenvalue weighted by Crippen LogP contribution is 2.23. The molecule has 1 aromatic carbocycles. The molecular formula is C10H10N2O2. The van der Waals surface area contributed by atoms with E-state index in [-0.39, 0.29) is 5.69 Å². The predicted octanol–water partition coefficient (Wildman–Crippen LogP) is 1.76. The van der Waals surface area contributed by atoms with E-state index in [9.17, 15) is 4.79 Å². The summed E-state index contributed by atoms with van der Waals surface area (Å²) in [7, 11) is 0. The molecule has 0 spiro atoms. The number of hydrogen-bond acceptors (Lipinski definition) is 2. The molecule has 0 atom stereocenters. The molecule has 1 heterocycles. The van der Waals surface area contributed by atoms with Gasteiger partial charge in [-0.25, -0.2) is 4.79 Å². The van der Waals surface area contributed by atoms with E-state index in [4.69, 9.17) is 10.8 Å². The number of hydrogen-bond donors (Lipinski definition) is 3. The minimum atomic E-state index is -0.974. The van der Waals surface area contributed by atoms with E-state index in [1.165, 1.54) is 0 Å². The summed E-state index contributed by atoms with van der Waals surface area (Å²) in [5.41, 5.74) is 8.19. The maximum Gasteiger partial charge on any atom is 0.352 e. The summed E-state index contributed by atoms with van der Waals surface area (Å²) in [6.45, 7) is 1.92. The number of carbonyl (C=O) groups is 1. The third-order valence-corrected chi connectivity index (χ3v) is 2.13. The SMILES string of the molecule is Cc1cc(N)c2[nH]c(C(=O)O)cc2c1. The van der Waals surface area contributed by atoms with E-state index in [0.717, 1.165) is 10.9 Å². The van der Waals surface area contributed by atoms with Crippen LogP contribution >= 0.6 is 0 Å². The van der Waals surface area contributed by atoms with Crippen LogP contribution in [0.3, 0.4) is 0 Å². The van der Waals surface area contributed by atoms with Crippen molar-refractivity contribution in [1.82, 2.24) is 4.98 Å². The van der Waals surface area contributed by atoms with Gasteiger partial charge in [0, 0.05) is 5.39 Å². The molecule has 14 heavy (non-hydrogen) atoms. The number of H-pyrrole nitrogens is 1. The summed E-state index contributed by atoms with van der Waals surface area (Å²) in [6.07, 6.45) is 0. The molecule has 2 aromatic rings. The second-order valence-corrected chi connectivity index (χ2v) is 3.31. The molecule has 1 aromatic heterocycles. The largest absolute Gasteiger partial charge is 0.477 e. The molecule has 4 nitrogen and oxygen atoms in total. The normalized spacial score (nSPS) is 10.6. The number of aromatic carboxylic acids is 1. The lowest BCUT2D eigenvalue weighted by Crippen LogP contribution is -1.95. The second-order valence-electron chi connectivity index (χ2n) is 3.31. The van der Waals surface area contributed by atoms with Crippen LogP contribution in [0, 0.1) is 6.92 Å².